The van der Waals surface area contributed by atoms with Gasteiger partial charge < -0.3 is 19.7 Å². The lowest BCUT2D eigenvalue weighted by Gasteiger charge is -2.35. The zero-order valence-electron chi connectivity index (χ0n) is 11.4. The van der Waals surface area contributed by atoms with Crippen LogP contribution >= 0.6 is 0 Å². The van der Waals surface area contributed by atoms with E-state index in [2.05, 4.69) is 5.32 Å². The van der Waals surface area contributed by atoms with E-state index in [9.17, 15) is 9.59 Å². The highest BCUT2D eigenvalue weighted by atomic mass is 16.5. The van der Waals surface area contributed by atoms with E-state index in [0.29, 0.717) is 13.2 Å². The molecule has 2 aliphatic rings. The van der Waals surface area contributed by atoms with E-state index < -0.39 is 12.0 Å². The number of carbonyl (C=O) groups is 2. The SMILES string of the molecule is COC(=O)C1COCCN1C(=O)NC1CCCCC1. The Kier molecular flexibility index (Phi) is 5.01. The van der Waals surface area contributed by atoms with E-state index in [1.165, 1.54) is 18.4 Å². The van der Waals surface area contributed by atoms with Gasteiger partial charge in [0.1, 0.15) is 0 Å². The van der Waals surface area contributed by atoms with Gasteiger partial charge in [0.2, 0.25) is 0 Å². The topological polar surface area (TPSA) is 67.9 Å². The third kappa shape index (κ3) is 3.59. The van der Waals surface area contributed by atoms with Crippen LogP contribution < -0.4 is 5.32 Å². The molecule has 1 aliphatic heterocycles. The molecule has 0 aromatic heterocycles. The number of rotatable bonds is 2. The Labute approximate surface area is 113 Å². The van der Waals surface area contributed by atoms with Crippen LogP contribution in [-0.2, 0) is 14.3 Å². The maximum Gasteiger partial charge on any atom is 0.331 e. The minimum atomic E-state index is -0.623. The number of ether oxygens (including phenoxy) is 2. The van der Waals surface area contributed by atoms with Gasteiger partial charge in [0.15, 0.2) is 6.04 Å². The number of urea groups is 1. The third-order valence-corrected chi connectivity index (χ3v) is 3.80. The predicted octanol–water partition coefficient (Wildman–Crippen LogP) is 0.902. The molecule has 1 atom stereocenters. The molecule has 108 valence electrons. The number of morpholine rings is 1. The highest BCUT2D eigenvalue weighted by Crippen LogP contribution is 2.18. The molecular weight excluding hydrogens is 248 g/mol. The molecular formula is C13H22N2O4. The second kappa shape index (κ2) is 6.75. The lowest BCUT2D eigenvalue weighted by atomic mass is 9.96. The van der Waals surface area contributed by atoms with Crippen molar-refractivity contribution in [1.29, 1.82) is 0 Å². The number of nitrogens with zero attached hydrogens (tertiary/aromatic N) is 1. The Balaban J connectivity index is 1.92. The molecule has 19 heavy (non-hydrogen) atoms. The van der Waals surface area contributed by atoms with Gasteiger partial charge in [-0.15, -0.1) is 0 Å². The van der Waals surface area contributed by atoms with Gasteiger partial charge in [-0.2, -0.15) is 0 Å². The van der Waals surface area contributed by atoms with Gasteiger partial charge in [0, 0.05) is 12.6 Å². The summed E-state index contributed by atoms with van der Waals surface area (Å²) in [5.74, 6) is -0.418. The first kappa shape index (κ1) is 14.1. The minimum Gasteiger partial charge on any atom is -0.467 e. The van der Waals surface area contributed by atoms with Crippen LogP contribution in [0.2, 0.25) is 0 Å². The number of methoxy groups -OCH3 is 1. The smallest absolute Gasteiger partial charge is 0.331 e. The fraction of sp³-hybridized carbons (Fsp3) is 0.846. The largest absolute Gasteiger partial charge is 0.467 e. The number of carbonyl (C=O) groups excluding carboxylic acids is 2. The molecule has 6 nitrogen and oxygen atoms in total. The Morgan fingerprint density at radius 3 is 2.68 bits per heavy atom. The van der Waals surface area contributed by atoms with Crippen LogP contribution in [0, 0.1) is 0 Å². The van der Waals surface area contributed by atoms with Crippen molar-refractivity contribution in [2.75, 3.05) is 26.9 Å². The molecule has 0 spiro atoms. The highest BCUT2D eigenvalue weighted by molar-refractivity contribution is 5.84. The summed E-state index contributed by atoms with van der Waals surface area (Å²) in [4.78, 5) is 25.4. The zero-order valence-corrected chi connectivity index (χ0v) is 11.4. The van der Waals surface area contributed by atoms with Crippen molar-refractivity contribution >= 4 is 12.0 Å². The zero-order chi connectivity index (χ0) is 13.7. The van der Waals surface area contributed by atoms with Gasteiger partial charge >= 0.3 is 12.0 Å². The Hall–Kier alpha value is -1.30. The van der Waals surface area contributed by atoms with Gasteiger partial charge in [-0.05, 0) is 12.8 Å². The van der Waals surface area contributed by atoms with Crippen LogP contribution in [0.1, 0.15) is 32.1 Å². The first-order chi connectivity index (χ1) is 9.22. The summed E-state index contributed by atoms with van der Waals surface area (Å²) in [5.41, 5.74) is 0. The highest BCUT2D eigenvalue weighted by Gasteiger charge is 2.34. The van der Waals surface area contributed by atoms with Crippen LogP contribution in [0.5, 0.6) is 0 Å². The summed E-state index contributed by atoms with van der Waals surface area (Å²) < 4.78 is 9.97. The lowest BCUT2D eigenvalue weighted by Crippen LogP contribution is -2.57. The molecule has 1 heterocycles. The molecule has 0 aromatic rings. The monoisotopic (exact) mass is 270 g/mol. The number of esters is 1. The van der Waals surface area contributed by atoms with Crippen molar-refractivity contribution in [3.63, 3.8) is 0 Å². The van der Waals surface area contributed by atoms with E-state index in [-0.39, 0.29) is 18.7 Å². The molecule has 1 saturated carbocycles. The molecule has 0 aromatic carbocycles. The Bertz CT molecular complexity index is 329. The van der Waals surface area contributed by atoms with Crippen molar-refractivity contribution in [2.45, 2.75) is 44.2 Å². The molecule has 2 fully saturated rings. The quantitative estimate of drug-likeness (QED) is 0.757. The molecule has 1 saturated heterocycles. The molecule has 6 heteroatoms. The number of hydrogen-bond acceptors (Lipinski definition) is 4. The third-order valence-electron chi connectivity index (χ3n) is 3.80. The van der Waals surface area contributed by atoms with E-state index >= 15 is 0 Å². The van der Waals surface area contributed by atoms with Gasteiger partial charge in [-0.3, -0.25) is 0 Å². The first-order valence-corrected chi connectivity index (χ1v) is 6.95. The standard InChI is InChI=1S/C13H22N2O4/c1-18-12(16)11-9-19-8-7-15(11)13(17)14-10-5-3-2-4-6-10/h10-11H,2-9H2,1H3,(H,14,17). The minimum absolute atomic E-state index is 0.175. The van der Waals surface area contributed by atoms with Gasteiger partial charge in [-0.25, -0.2) is 9.59 Å². The lowest BCUT2D eigenvalue weighted by molar-refractivity contribution is -0.151. The first-order valence-electron chi connectivity index (χ1n) is 6.95. The summed E-state index contributed by atoms with van der Waals surface area (Å²) in [7, 11) is 1.33. The van der Waals surface area contributed by atoms with E-state index in [1.54, 1.807) is 0 Å². The van der Waals surface area contributed by atoms with Crippen LogP contribution in [0.3, 0.4) is 0 Å². The Morgan fingerprint density at radius 2 is 2.00 bits per heavy atom. The number of hydrogen-bond donors (Lipinski definition) is 1. The van der Waals surface area contributed by atoms with E-state index in [0.717, 1.165) is 25.7 Å². The molecule has 1 aliphatic carbocycles. The maximum absolute atomic E-state index is 12.2. The van der Waals surface area contributed by atoms with E-state index in [4.69, 9.17) is 9.47 Å². The van der Waals surface area contributed by atoms with Crippen LogP contribution in [0.25, 0.3) is 0 Å². The fourth-order valence-corrected chi connectivity index (χ4v) is 2.68. The van der Waals surface area contributed by atoms with Gasteiger partial charge in [-0.1, -0.05) is 19.3 Å². The Morgan fingerprint density at radius 1 is 1.26 bits per heavy atom. The molecule has 1 unspecified atom stereocenters. The summed E-state index contributed by atoms with van der Waals surface area (Å²) in [6, 6.07) is -0.560. The average molecular weight is 270 g/mol. The predicted molar refractivity (Wildman–Crippen MR) is 68.7 cm³/mol. The summed E-state index contributed by atoms with van der Waals surface area (Å²) in [5, 5.41) is 3.02. The average Bonchev–Trinajstić information content (AvgIpc) is 2.47. The van der Waals surface area contributed by atoms with Crippen molar-refractivity contribution in [3.8, 4) is 0 Å². The second-order valence-corrected chi connectivity index (χ2v) is 5.09. The molecule has 0 radical (unpaired) electrons. The van der Waals surface area contributed by atoms with E-state index in [1.807, 2.05) is 0 Å². The van der Waals surface area contributed by atoms with Crippen LogP contribution in [0.15, 0.2) is 0 Å². The molecule has 2 amide bonds. The van der Waals surface area contributed by atoms with Crippen molar-refractivity contribution in [1.82, 2.24) is 10.2 Å². The molecule has 0 bridgehead atoms. The van der Waals surface area contributed by atoms with Crippen LogP contribution in [-0.4, -0.2) is 55.9 Å². The summed E-state index contributed by atoms with van der Waals surface area (Å²) >= 11 is 0. The molecule has 2 rings (SSSR count). The van der Waals surface area contributed by atoms with Gasteiger partial charge in [0.25, 0.3) is 0 Å². The number of nitrogens with one attached hydrogen (secondary N) is 1. The maximum atomic E-state index is 12.2. The van der Waals surface area contributed by atoms with Gasteiger partial charge in [0.05, 0.1) is 20.3 Å². The normalized spacial score (nSPS) is 24.9. The molecule has 1 N–H and O–H groups in total. The van der Waals surface area contributed by atoms with Crippen molar-refractivity contribution in [3.05, 3.63) is 0 Å². The second-order valence-electron chi connectivity index (χ2n) is 5.09. The van der Waals surface area contributed by atoms with Crippen molar-refractivity contribution in [2.24, 2.45) is 0 Å². The summed E-state index contributed by atoms with van der Waals surface area (Å²) in [6.07, 6.45) is 5.62. The fourth-order valence-electron chi connectivity index (χ4n) is 2.68. The van der Waals surface area contributed by atoms with Crippen molar-refractivity contribution < 1.29 is 19.1 Å². The number of amides is 2. The summed E-state index contributed by atoms with van der Waals surface area (Å²) in [6.45, 7) is 1.11. The van der Waals surface area contributed by atoms with Crippen LogP contribution in [0.4, 0.5) is 4.79 Å².